The number of hydrogen-bond donors (Lipinski definition) is 2. The van der Waals surface area contributed by atoms with Crippen LogP contribution >= 0.6 is 0 Å². The van der Waals surface area contributed by atoms with Crippen molar-refractivity contribution in [2.24, 2.45) is 0 Å². The summed E-state index contributed by atoms with van der Waals surface area (Å²) in [7, 11) is 1.65. The Kier molecular flexibility index (Phi) is 6.99. The van der Waals surface area contributed by atoms with E-state index in [1.807, 2.05) is 45.0 Å². The fourth-order valence-corrected chi connectivity index (χ4v) is 2.57. The number of aryl methyl sites for hydroxylation is 1. The lowest BCUT2D eigenvalue weighted by Crippen LogP contribution is -2.40. The highest BCUT2D eigenvalue weighted by molar-refractivity contribution is 5.98. The Morgan fingerprint density at radius 2 is 1.44 bits per heavy atom. The number of rotatable bonds is 7. The van der Waals surface area contributed by atoms with Crippen LogP contribution in [0.2, 0.25) is 0 Å². The third kappa shape index (κ3) is 6.77. The highest BCUT2D eigenvalue weighted by Crippen LogP contribution is 2.12. The Bertz CT molecular complexity index is 760. The van der Waals surface area contributed by atoms with Gasteiger partial charge in [-0.25, -0.2) is 0 Å². The first kappa shape index (κ1) is 20.5. The second-order valence-corrected chi connectivity index (χ2v) is 7.49. The largest absolute Gasteiger partial charge is 0.497 e. The normalized spacial score (nSPS) is 11.0. The molecule has 2 aromatic rings. The molecule has 0 bridgehead atoms. The van der Waals surface area contributed by atoms with Gasteiger partial charge in [0.1, 0.15) is 5.75 Å². The van der Waals surface area contributed by atoms with E-state index in [1.54, 1.807) is 31.4 Å². The van der Waals surface area contributed by atoms with Crippen molar-refractivity contribution in [3.8, 4) is 5.75 Å². The summed E-state index contributed by atoms with van der Waals surface area (Å²) in [6, 6.07) is 14.6. The van der Waals surface area contributed by atoms with Crippen LogP contribution in [-0.4, -0.2) is 31.0 Å². The topological polar surface area (TPSA) is 67.4 Å². The van der Waals surface area contributed by atoms with Crippen LogP contribution in [0.1, 0.15) is 53.5 Å². The van der Waals surface area contributed by atoms with Crippen LogP contribution in [0, 0.1) is 0 Å². The molecule has 0 heterocycles. The summed E-state index contributed by atoms with van der Waals surface area (Å²) < 4.78 is 5.14. The maximum Gasteiger partial charge on any atom is 0.251 e. The molecule has 0 aliphatic heterocycles. The Hall–Kier alpha value is -2.82. The second kappa shape index (κ2) is 9.21. The minimum Gasteiger partial charge on any atom is -0.497 e. The van der Waals surface area contributed by atoms with E-state index in [1.165, 1.54) is 5.56 Å². The first-order chi connectivity index (χ1) is 12.8. The number of benzene rings is 2. The zero-order chi connectivity index (χ0) is 19.9. The van der Waals surface area contributed by atoms with Gasteiger partial charge in [0.25, 0.3) is 11.8 Å². The van der Waals surface area contributed by atoms with Gasteiger partial charge < -0.3 is 15.4 Å². The summed E-state index contributed by atoms with van der Waals surface area (Å²) in [5.74, 6) is 0.563. The van der Waals surface area contributed by atoms with Gasteiger partial charge in [-0.1, -0.05) is 12.1 Å². The summed E-state index contributed by atoms with van der Waals surface area (Å²) in [5, 5.41) is 5.82. The molecule has 0 aliphatic carbocycles. The molecule has 2 aromatic carbocycles. The molecule has 5 nitrogen and oxygen atoms in total. The van der Waals surface area contributed by atoms with Crippen molar-refractivity contribution in [3.63, 3.8) is 0 Å². The van der Waals surface area contributed by atoms with E-state index in [2.05, 4.69) is 10.6 Å². The number of methoxy groups -OCH3 is 1. The molecular weight excluding hydrogens is 340 g/mol. The van der Waals surface area contributed by atoms with E-state index < -0.39 is 0 Å². The Labute approximate surface area is 161 Å². The number of carbonyl (C=O) groups is 2. The summed E-state index contributed by atoms with van der Waals surface area (Å²) in [4.78, 5) is 24.3. The predicted octanol–water partition coefficient (Wildman–Crippen LogP) is 3.59. The highest BCUT2D eigenvalue weighted by Gasteiger charge is 2.15. The van der Waals surface area contributed by atoms with Crippen molar-refractivity contribution in [3.05, 3.63) is 65.2 Å². The number of hydrogen-bond acceptors (Lipinski definition) is 3. The van der Waals surface area contributed by atoms with Gasteiger partial charge >= 0.3 is 0 Å². The molecule has 0 radical (unpaired) electrons. The molecule has 27 heavy (non-hydrogen) atoms. The van der Waals surface area contributed by atoms with E-state index in [0.717, 1.165) is 18.6 Å². The van der Waals surface area contributed by atoms with Crippen molar-refractivity contribution in [1.82, 2.24) is 10.6 Å². The smallest absolute Gasteiger partial charge is 0.251 e. The van der Waals surface area contributed by atoms with Crippen LogP contribution in [0.15, 0.2) is 48.5 Å². The molecule has 0 fully saturated rings. The molecule has 0 saturated carbocycles. The summed E-state index contributed by atoms with van der Waals surface area (Å²) >= 11 is 0. The lowest BCUT2D eigenvalue weighted by Gasteiger charge is -2.20. The first-order valence-electron chi connectivity index (χ1n) is 9.12. The maximum absolute atomic E-state index is 12.2. The molecule has 0 unspecified atom stereocenters. The zero-order valence-corrected chi connectivity index (χ0v) is 16.5. The molecule has 2 rings (SSSR count). The number of nitrogens with one attached hydrogen (secondary N) is 2. The Morgan fingerprint density at radius 3 is 1.96 bits per heavy atom. The van der Waals surface area contributed by atoms with Crippen LogP contribution in [-0.2, 0) is 6.42 Å². The molecular formula is C22H28N2O3. The van der Waals surface area contributed by atoms with Gasteiger partial charge in [-0.05, 0) is 75.6 Å². The summed E-state index contributed by atoms with van der Waals surface area (Å²) in [6.45, 7) is 6.38. The molecule has 2 amide bonds. The van der Waals surface area contributed by atoms with Gasteiger partial charge in [0.15, 0.2) is 0 Å². The SMILES string of the molecule is COc1ccc(CCCNC(=O)c2ccc(C(=O)NC(C)(C)C)cc2)cc1. The molecule has 2 N–H and O–H groups in total. The third-order valence-corrected chi connectivity index (χ3v) is 3.98. The van der Waals surface area contributed by atoms with E-state index in [4.69, 9.17) is 4.74 Å². The number of carbonyl (C=O) groups excluding carboxylic acids is 2. The third-order valence-electron chi connectivity index (χ3n) is 3.98. The molecule has 5 heteroatoms. The minimum atomic E-state index is -0.295. The number of amides is 2. The summed E-state index contributed by atoms with van der Waals surface area (Å²) in [6.07, 6.45) is 1.74. The maximum atomic E-state index is 12.2. The van der Waals surface area contributed by atoms with Gasteiger partial charge in [-0.3, -0.25) is 9.59 Å². The van der Waals surface area contributed by atoms with Gasteiger partial charge in [0.05, 0.1) is 7.11 Å². The van der Waals surface area contributed by atoms with Gasteiger partial charge in [-0.15, -0.1) is 0 Å². The van der Waals surface area contributed by atoms with Gasteiger partial charge in [-0.2, -0.15) is 0 Å². The van der Waals surface area contributed by atoms with E-state index in [-0.39, 0.29) is 17.4 Å². The van der Waals surface area contributed by atoms with Crippen LogP contribution in [0.4, 0.5) is 0 Å². The van der Waals surface area contributed by atoms with Crippen LogP contribution in [0.25, 0.3) is 0 Å². The van der Waals surface area contributed by atoms with Crippen LogP contribution < -0.4 is 15.4 Å². The minimum absolute atomic E-state index is 0.132. The molecule has 0 aromatic heterocycles. The highest BCUT2D eigenvalue weighted by atomic mass is 16.5. The molecule has 0 aliphatic rings. The lowest BCUT2D eigenvalue weighted by atomic mass is 10.1. The van der Waals surface area contributed by atoms with E-state index >= 15 is 0 Å². The summed E-state index contributed by atoms with van der Waals surface area (Å²) in [5.41, 5.74) is 2.00. The quantitative estimate of drug-likeness (QED) is 0.734. The second-order valence-electron chi connectivity index (χ2n) is 7.49. The van der Waals surface area contributed by atoms with Gasteiger partial charge in [0, 0.05) is 23.2 Å². The first-order valence-corrected chi connectivity index (χ1v) is 9.12. The van der Waals surface area contributed by atoms with Crippen molar-refractivity contribution in [2.45, 2.75) is 39.2 Å². The fourth-order valence-electron chi connectivity index (χ4n) is 2.57. The van der Waals surface area contributed by atoms with Crippen molar-refractivity contribution >= 4 is 11.8 Å². The average molecular weight is 368 g/mol. The van der Waals surface area contributed by atoms with E-state index in [9.17, 15) is 9.59 Å². The predicted molar refractivity (Wildman–Crippen MR) is 107 cm³/mol. The van der Waals surface area contributed by atoms with Gasteiger partial charge in [0.2, 0.25) is 0 Å². The molecule has 0 spiro atoms. The Balaban J connectivity index is 1.79. The number of ether oxygens (including phenoxy) is 1. The molecule has 0 saturated heterocycles. The standard InChI is InChI=1S/C22H28N2O3/c1-22(2,3)24-21(26)18-11-9-17(10-12-18)20(25)23-15-5-6-16-7-13-19(27-4)14-8-16/h7-14H,5-6,15H2,1-4H3,(H,23,25)(H,24,26). The monoisotopic (exact) mass is 368 g/mol. The van der Waals surface area contributed by atoms with E-state index in [0.29, 0.717) is 17.7 Å². The van der Waals surface area contributed by atoms with Crippen molar-refractivity contribution < 1.29 is 14.3 Å². The van der Waals surface area contributed by atoms with Crippen molar-refractivity contribution in [2.75, 3.05) is 13.7 Å². The van der Waals surface area contributed by atoms with Crippen LogP contribution in [0.3, 0.4) is 0 Å². The fraction of sp³-hybridized carbons (Fsp3) is 0.364. The molecule has 144 valence electrons. The zero-order valence-electron chi connectivity index (χ0n) is 16.5. The Morgan fingerprint density at radius 1 is 0.889 bits per heavy atom. The van der Waals surface area contributed by atoms with Crippen molar-refractivity contribution in [1.29, 1.82) is 0 Å². The van der Waals surface area contributed by atoms with Crippen LogP contribution in [0.5, 0.6) is 5.75 Å². The average Bonchev–Trinajstić information content (AvgIpc) is 2.64. The molecule has 0 atom stereocenters. The lowest BCUT2D eigenvalue weighted by molar-refractivity contribution is 0.0915.